The van der Waals surface area contributed by atoms with Gasteiger partial charge in [-0.2, -0.15) is 17.7 Å². The van der Waals surface area contributed by atoms with E-state index in [1.165, 1.54) is 24.3 Å². The molecular weight excluding hydrogens is 684 g/mol. The normalized spacial score (nSPS) is 18.8. The van der Waals surface area contributed by atoms with Crippen molar-refractivity contribution in [3.05, 3.63) is 154 Å². The maximum atomic E-state index is 14.5. The maximum absolute atomic E-state index is 14.5. The molecule has 10 heteroatoms. The highest BCUT2D eigenvalue weighted by Crippen LogP contribution is 2.50. The zero-order chi connectivity index (χ0) is 37.7. The Labute approximate surface area is 305 Å². The third-order valence-corrected chi connectivity index (χ3v) is 10.3. The van der Waals surface area contributed by atoms with Crippen molar-refractivity contribution in [3.63, 3.8) is 0 Å². The number of carbonyl (C=O) groups excluding carboxylic acids is 1. The standard InChI is InChI=1S/C43H38F4N2O4/c1-41(2)33-23-27(43(45,46)47)15-17-35(33)48(19-21-52-29-11-7-5-8-12-29)37(41)25-31-39(50)32(40(31)51)26-38-42(3,4)34-24-28(44)16-18-36(34)49(38)20-22-53-30-13-9-6-10-14-30/h5-18,23-26H,19-22H2,1-4H3. The van der Waals surface area contributed by atoms with Crippen molar-refractivity contribution in [2.75, 3.05) is 31.2 Å². The summed E-state index contributed by atoms with van der Waals surface area (Å²) in [6.45, 7) is 8.49. The van der Waals surface area contributed by atoms with E-state index < -0.39 is 39.9 Å². The summed E-state index contributed by atoms with van der Waals surface area (Å²) in [4.78, 5) is 15.7. The second-order valence-corrected chi connectivity index (χ2v) is 14.3. The van der Waals surface area contributed by atoms with Crippen LogP contribution in [0.15, 0.2) is 132 Å². The number of hydrogen-bond acceptors (Lipinski definition) is 5. The number of carbonyl (C=O) groups is 1. The van der Waals surface area contributed by atoms with Crippen molar-refractivity contribution in [1.29, 1.82) is 0 Å². The van der Waals surface area contributed by atoms with E-state index in [1.54, 1.807) is 38.1 Å². The fourth-order valence-electron chi connectivity index (χ4n) is 7.41. The zero-order valence-corrected chi connectivity index (χ0v) is 29.8. The van der Waals surface area contributed by atoms with Crippen LogP contribution in [0.1, 0.15) is 44.4 Å². The van der Waals surface area contributed by atoms with E-state index in [4.69, 9.17) is 9.47 Å². The molecule has 0 atom stereocenters. The fraction of sp³-hybridized carbons (Fsp3) is 0.256. The van der Waals surface area contributed by atoms with Crippen molar-refractivity contribution in [2.24, 2.45) is 0 Å². The molecule has 0 fully saturated rings. The summed E-state index contributed by atoms with van der Waals surface area (Å²) in [5, 5.41) is 13.9. The van der Waals surface area contributed by atoms with Crippen molar-refractivity contribution in [3.8, 4) is 11.5 Å². The van der Waals surface area contributed by atoms with Gasteiger partial charge in [-0.15, -0.1) is 0 Å². The summed E-state index contributed by atoms with van der Waals surface area (Å²) in [5.74, 6) is -0.0246. The number of para-hydroxylation sites is 2. The van der Waals surface area contributed by atoms with Crippen LogP contribution in [-0.2, 0) is 21.8 Å². The van der Waals surface area contributed by atoms with Gasteiger partial charge in [0, 0.05) is 45.7 Å². The first-order valence-electron chi connectivity index (χ1n) is 17.4. The lowest BCUT2D eigenvalue weighted by molar-refractivity contribution is -0.440. The number of nitrogens with zero attached hydrogens (tertiary/aromatic N) is 2. The predicted octanol–water partition coefficient (Wildman–Crippen LogP) is 8.18. The Morgan fingerprint density at radius 1 is 0.792 bits per heavy atom. The lowest BCUT2D eigenvalue weighted by atomic mass is 9.77. The molecule has 0 spiro atoms. The highest BCUT2D eigenvalue weighted by molar-refractivity contribution is 6.24. The number of anilines is 1. The molecule has 2 heterocycles. The molecule has 0 bridgehead atoms. The van der Waals surface area contributed by atoms with Crippen LogP contribution in [0, 0.1) is 5.82 Å². The molecule has 3 aliphatic rings. The highest BCUT2D eigenvalue weighted by atomic mass is 19.4. The fourth-order valence-corrected chi connectivity index (χ4v) is 7.41. The molecule has 0 N–H and O–H groups in total. The van der Waals surface area contributed by atoms with Crippen LogP contribution in [0.2, 0.25) is 0 Å². The van der Waals surface area contributed by atoms with Crippen LogP contribution in [0.3, 0.4) is 0 Å². The zero-order valence-electron chi connectivity index (χ0n) is 29.8. The molecule has 53 heavy (non-hydrogen) atoms. The number of fused-ring (bicyclic) bond motifs is 2. The van der Waals surface area contributed by atoms with E-state index >= 15 is 0 Å². The molecule has 4 aromatic carbocycles. The minimum absolute atomic E-state index is 0.0196. The van der Waals surface area contributed by atoms with E-state index in [0.29, 0.717) is 46.3 Å². The number of allylic oxidation sites excluding steroid dienone is 5. The molecule has 0 aromatic heterocycles. The number of Topliss-reactive ketones (excluding diaryl/α,β-unsaturated/α-hetero) is 1. The van der Waals surface area contributed by atoms with E-state index in [2.05, 4.69) is 0 Å². The lowest BCUT2D eigenvalue weighted by Crippen LogP contribution is -2.35. The van der Waals surface area contributed by atoms with Gasteiger partial charge in [-0.25, -0.2) is 4.39 Å². The number of benzene rings is 4. The smallest absolute Gasteiger partial charge is 0.416 e. The van der Waals surface area contributed by atoms with E-state index in [1.807, 2.05) is 71.9 Å². The Morgan fingerprint density at radius 2 is 1.43 bits per heavy atom. The number of ether oxygens (including phenoxy) is 2. The number of hydrogen-bond donors (Lipinski definition) is 0. The Balaban J connectivity index is 1.25. The summed E-state index contributed by atoms with van der Waals surface area (Å²) in [6.07, 6.45) is -1.45. The monoisotopic (exact) mass is 722 g/mol. The Morgan fingerprint density at radius 3 is 2.06 bits per heavy atom. The minimum Gasteiger partial charge on any atom is -0.871 e. The third kappa shape index (κ3) is 6.51. The molecule has 2 aliphatic heterocycles. The summed E-state index contributed by atoms with van der Waals surface area (Å²) >= 11 is 0. The summed E-state index contributed by atoms with van der Waals surface area (Å²) in [5.41, 5.74) is 0.988. The molecule has 0 unspecified atom stereocenters. The summed E-state index contributed by atoms with van der Waals surface area (Å²) in [6, 6.07) is 26.6. The van der Waals surface area contributed by atoms with Crippen LogP contribution in [0.4, 0.5) is 28.9 Å². The van der Waals surface area contributed by atoms with Crippen LogP contribution in [-0.4, -0.2) is 42.4 Å². The van der Waals surface area contributed by atoms with Gasteiger partial charge in [0.1, 0.15) is 30.5 Å². The number of alkyl halides is 3. The van der Waals surface area contributed by atoms with E-state index in [9.17, 15) is 27.5 Å². The van der Waals surface area contributed by atoms with Crippen LogP contribution in [0.5, 0.6) is 11.5 Å². The third-order valence-electron chi connectivity index (χ3n) is 10.3. The molecule has 6 nitrogen and oxygen atoms in total. The van der Waals surface area contributed by atoms with Gasteiger partial charge in [-0.05, 0) is 80.1 Å². The van der Waals surface area contributed by atoms with Gasteiger partial charge in [0.25, 0.3) is 0 Å². The average molecular weight is 723 g/mol. The second-order valence-electron chi connectivity index (χ2n) is 14.3. The molecule has 1 aliphatic carbocycles. The Kier molecular flexibility index (Phi) is 9.04. The van der Waals surface area contributed by atoms with Gasteiger partial charge in [0.05, 0.1) is 17.5 Å². The second kappa shape index (κ2) is 13.4. The molecule has 7 rings (SSSR count). The molecule has 0 saturated heterocycles. The minimum atomic E-state index is -4.55. The SMILES string of the molecule is CC1(C)C(/C=C2/C(=O)C(/C=C3\N(CCOc4ccccc4)c4ccc(C(F)(F)F)cc4C3(C)C)=C2[O-])=[N+](CCOc2ccccc2)c2ccc(F)cc21. The highest BCUT2D eigenvalue weighted by Gasteiger charge is 2.47. The van der Waals surface area contributed by atoms with Gasteiger partial charge in [-0.3, -0.25) is 4.79 Å². The van der Waals surface area contributed by atoms with E-state index in [0.717, 1.165) is 17.8 Å². The van der Waals surface area contributed by atoms with Gasteiger partial charge in [-0.1, -0.05) is 56.0 Å². The van der Waals surface area contributed by atoms with Crippen molar-refractivity contribution >= 4 is 22.9 Å². The molecule has 272 valence electrons. The number of halogens is 4. The van der Waals surface area contributed by atoms with Gasteiger partial charge in [0.2, 0.25) is 5.69 Å². The summed E-state index contributed by atoms with van der Waals surface area (Å²) in [7, 11) is 0. The molecular formula is C43H38F4N2O4. The van der Waals surface area contributed by atoms with E-state index in [-0.39, 0.29) is 30.9 Å². The predicted molar refractivity (Wildman–Crippen MR) is 193 cm³/mol. The molecule has 0 amide bonds. The van der Waals surface area contributed by atoms with Gasteiger partial charge in [0.15, 0.2) is 18.0 Å². The largest absolute Gasteiger partial charge is 0.871 e. The van der Waals surface area contributed by atoms with Crippen molar-refractivity contribution in [1.82, 2.24) is 0 Å². The van der Waals surface area contributed by atoms with Gasteiger partial charge < -0.3 is 19.5 Å². The maximum Gasteiger partial charge on any atom is 0.416 e. The number of rotatable bonds is 10. The molecule has 0 radical (unpaired) electrons. The average Bonchev–Trinajstić information content (AvgIpc) is 3.47. The van der Waals surface area contributed by atoms with Crippen molar-refractivity contribution < 1.29 is 41.5 Å². The number of ketones is 1. The first-order chi connectivity index (χ1) is 25.2. The first-order valence-corrected chi connectivity index (χ1v) is 17.4. The van der Waals surface area contributed by atoms with Crippen LogP contribution >= 0.6 is 0 Å². The molecule has 0 saturated carbocycles. The van der Waals surface area contributed by atoms with Crippen LogP contribution in [0.25, 0.3) is 0 Å². The van der Waals surface area contributed by atoms with Crippen LogP contribution < -0.4 is 19.5 Å². The summed E-state index contributed by atoms with van der Waals surface area (Å²) < 4.78 is 69.9. The Bertz CT molecular complexity index is 2220. The Hall–Kier alpha value is -5.64. The van der Waals surface area contributed by atoms with Crippen molar-refractivity contribution in [2.45, 2.75) is 44.7 Å². The quantitative estimate of drug-likeness (QED) is 0.0939. The van der Waals surface area contributed by atoms with Gasteiger partial charge >= 0.3 is 6.18 Å². The topological polar surface area (TPSA) is 64.8 Å². The first kappa shape index (κ1) is 35.7. The molecule has 4 aromatic rings. The lowest BCUT2D eigenvalue weighted by Gasteiger charge is -2.33.